The summed E-state index contributed by atoms with van der Waals surface area (Å²) in [6, 6.07) is 14.5. The topological polar surface area (TPSA) is 43.2 Å². The van der Waals surface area contributed by atoms with E-state index in [0.29, 0.717) is 6.61 Å². The van der Waals surface area contributed by atoms with Gasteiger partial charge in [0.05, 0.1) is 0 Å². The second-order valence-electron chi connectivity index (χ2n) is 7.19. The van der Waals surface area contributed by atoms with E-state index >= 15 is 0 Å². The molecule has 1 aromatic heterocycles. The molecule has 1 aliphatic heterocycles. The lowest BCUT2D eigenvalue weighted by Crippen LogP contribution is -2.31. The van der Waals surface area contributed by atoms with Gasteiger partial charge in [-0.05, 0) is 55.8 Å². The summed E-state index contributed by atoms with van der Waals surface area (Å²) in [6.45, 7) is 7.04. The number of hydrogen-bond acceptors (Lipinski definition) is 5. The Morgan fingerprint density at radius 2 is 1.82 bits per heavy atom. The fourth-order valence-electron chi connectivity index (χ4n) is 3.70. The van der Waals surface area contributed by atoms with Crippen LogP contribution in [0.5, 0.6) is 5.75 Å². The quantitative estimate of drug-likeness (QED) is 0.520. The second-order valence-corrected chi connectivity index (χ2v) is 8.25. The SMILES string of the molecule is CCn1c(COc2ccc3ccccc3c2)nnc1SCCN1CCCCC1. The van der Waals surface area contributed by atoms with Crippen molar-refractivity contribution >= 4 is 22.5 Å². The average molecular weight is 397 g/mol. The molecular formula is C22H28N4OS. The zero-order valence-corrected chi connectivity index (χ0v) is 17.3. The fourth-order valence-corrected chi connectivity index (χ4v) is 4.73. The molecule has 0 unspecified atom stereocenters. The highest BCUT2D eigenvalue weighted by molar-refractivity contribution is 7.99. The Hall–Kier alpha value is -2.05. The van der Waals surface area contributed by atoms with Gasteiger partial charge < -0.3 is 14.2 Å². The van der Waals surface area contributed by atoms with E-state index < -0.39 is 0 Å². The number of fused-ring (bicyclic) bond motifs is 1. The summed E-state index contributed by atoms with van der Waals surface area (Å²) in [7, 11) is 0. The summed E-state index contributed by atoms with van der Waals surface area (Å²) in [5.41, 5.74) is 0. The molecule has 28 heavy (non-hydrogen) atoms. The van der Waals surface area contributed by atoms with Crippen molar-refractivity contribution in [2.75, 3.05) is 25.4 Å². The summed E-state index contributed by atoms with van der Waals surface area (Å²) >= 11 is 1.80. The summed E-state index contributed by atoms with van der Waals surface area (Å²) in [4.78, 5) is 2.56. The minimum atomic E-state index is 0.436. The first-order chi connectivity index (χ1) is 13.8. The first-order valence-electron chi connectivity index (χ1n) is 10.2. The number of hydrogen-bond donors (Lipinski definition) is 0. The highest BCUT2D eigenvalue weighted by atomic mass is 32.2. The van der Waals surface area contributed by atoms with Crippen molar-refractivity contribution in [2.24, 2.45) is 0 Å². The first kappa shape index (κ1) is 19.3. The zero-order chi connectivity index (χ0) is 19.2. The molecular weight excluding hydrogens is 368 g/mol. The van der Waals surface area contributed by atoms with E-state index in [-0.39, 0.29) is 0 Å². The normalized spacial score (nSPS) is 15.2. The van der Waals surface area contributed by atoms with E-state index in [1.54, 1.807) is 11.8 Å². The molecule has 0 atom stereocenters. The van der Waals surface area contributed by atoms with Crippen LogP contribution in [0.3, 0.4) is 0 Å². The first-order valence-corrected chi connectivity index (χ1v) is 11.2. The van der Waals surface area contributed by atoms with Gasteiger partial charge in [-0.2, -0.15) is 0 Å². The van der Waals surface area contributed by atoms with Crippen LogP contribution < -0.4 is 4.74 Å². The van der Waals surface area contributed by atoms with Crippen LogP contribution in [0.15, 0.2) is 47.6 Å². The van der Waals surface area contributed by atoms with Gasteiger partial charge in [0, 0.05) is 18.8 Å². The lowest BCUT2D eigenvalue weighted by Gasteiger charge is -2.25. The number of ether oxygens (including phenoxy) is 1. The molecule has 6 heteroatoms. The number of piperidine rings is 1. The molecule has 0 N–H and O–H groups in total. The monoisotopic (exact) mass is 396 g/mol. The molecule has 2 heterocycles. The van der Waals surface area contributed by atoms with Gasteiger partial charge in [-0.25, -0.2) is 0 Å². The molecule has 2 aromatic carbocycles. The Morgan fingerprint density at radius 1 is 1.00 bits per heavy atom. The van der Waals surface area contributed by atoms with E-state index in [1.807, 2.05) is 12.1 Å². The van der Waals surface area contributed by atoms with E-state index in [4.69, 9.17) is 4.74 Å². The number of benzene rings is 2. The molecule has 3 aromatic rings. The number of nitrogens with zero attached hydrogens (tertiary/aromatic N) is 4. The van der Waals surface area contributed by atoms with E-state index in [1.165, 1.54) is 43.1 Å². The molecule has 0 radical (unpaired) electrons. The maximum atomic E-state index is 6.01. The largest absolute Gasteiger partial charge is 0.486 e. The molecule has 1 aliphatic rings. The Bertz CT molecular complexity index is 904. The lowest BCUT2D eigenvalue weighted by molar-refractivity contribution is 0.242. The fraction of sp³-hybridized carbons (Fsp3) is 0.455. The molecule has 1 saturated heterocycles. The minimum Gasteiger partial charge on any atom is -0.486 e. The number of rotatable bonds is 8. The van der Waals surface area contributed by atoms with Crippen molar-refractivity contribution in [3.05, 3.63) is 48.3 Å². The van der Waals surface area contributed by atoms with E-state index in [9.17, 15) is 0 Å². The van der Waals surface area contributed by atoms with Crippen LogP contribution in [0, 0.1) is 0 Å². The third-order valence-corrected chi connectivity index (χ3v) is 6.23. The van der Waals surface area contributed by atoms with Gasteiger partial charge in [0.25, 0.3) is 0 Å². The van der Waals surface area contributed by atoms with Crippen molar-refractivity contribution in [1.82, 2.24) is 19.7 Å². The van der Waals surface area contributed by atoms with Crippen molar-refractivity contribution in [3.63, 3.8) is 0 Å². The second kappa shape index (κ2) is 9.43. The molecule has 0 aliphatic carbocycles. The molecule has 0 amide bonds. The Morgan fingerprint density at radius 3 is 2.64 bits per heavy atom. The van der Waals surface area contributed by atoms with Gasteiger partial charge in [0.1, 0.15) is 12.4 Å². The van der Waals surface area contributed by atoms with Crippen LogP contribution in [-0.2, 0) is 13.2 Å². The van der Waals surface area contributed by atoms with Gasteiger partial charge in [-0.1, -0.05) is 48.5 Å². The Kier molecular flexibility index (Phi) is 6.49. The molecule has 4 rings (SSSR count). The van der Waals surface area contributed by atoms with Crippen LogP contribution in [0.1, 0.15) is 32.0 Å². The van der Waals surface area contributed by atoms with Crippen LogP contribution in [0.2, 0.25) is 0 Å². The number of thioether (sulfide) groups is 1. The van der Waals surface area contributed by atoms with Crippen LogP contribution in [0.25, 0.3) is 10.8 Å². The van der Waals surface area contributed by atoms with Gasteiger partial charge in [0.2, 0.25) is 0 Å². The molecule has 5 nitrogen and oxygen atoms in total. The zero-order valence-electron chi connectivity index (χ0n) is 16.5. The molecule has 0 spiro atoms. The maximum absolute atomic E-state index is 6.01. The number of likely N-dealkylation sites (tertiary alicyclic amines) is 1. The van der Waals surface area contributed by atoms with Gasteiger partial charge in [0.15, 0.2) is 11.0 Å². The highest BCUT2D eigenvalue weighted by Gasteiger charge is 2.14. The summed E-state index contributed by atoms with van der Waals surface area (Å²) in [6.07, 6.45) is 4.06. The van der Waals surface area contributed by atoms with Crippen LogP contribution >= 0.6 is 11.8 Å². The Labute approximate surface area is 171 Å². The third kappa shape index (κ3) is 4.67. The summed E-state index contributed by atoms with van der Waals surface area (Å²) in [5.74, 6) is 2.81. The predicted octanol–water partition coefficient (Wildman–Crippen LogP) is 4.61. The van der Waals surface area contributed by atoms with Crippen LogP contribution in [-0.4, -0.2) is 45.1 Å². The van der Waals surface area contributed by atoms with Crippen LogP contribution in [0.4, 0.5) is 0 Å². The standard InChI is InChI=1S/C22H28N4OS/c1-2-26-21(17-27-20-11-10-18-8-4-5-9-19(18)16-20)23-24-22(26)28-15-14-25-12-6-3-7-13-25/h4-5,8-11,16H,2-3,6-7,12-15,17H2,1H3. The van der Waals surface area contributed by atoms with Crippen molar-refractivity contribution in [1.29, 1.82) is 0 Å². The molecule has 148 valence electrons. The third-order valence-electron chi connectivity index (χ3n) is 5.29. The lowest BCUT2D eigenvalue weighted by atomic mass is 10.1. The smallest absolute Gasteiger partial charge is 0.191 e. The average Bonchev–Trinajstić information content (AvgIpc) is 3.14. The number of aromatic nitrogens is 3. The van der Waals surface area contributed by atoms with Crippen molar-refractivity contribution < 1.29 is 4.74 Å². The molecule has 1 fully saturated rings. The predicted molar refractivity (Wildman–Crippen MR) is 115 cm³/mol. The van der Waals surface area contributed by atoms with E-state index in [2.05, 4.69) is 56.9 Å². The van der Waals surface area contributed by atoms with Crippen molar-refractivity contribution in [2.45, 2.75) is 44.5 Å². The highest BCUT2D eigenvalue weighted by Crippen LogP contribution is 2.22. The summed E-state index contributed by atoms with van der Waals surface area (Å²) < 4.78 is 8.18. The van der Waals surface area contributed by atoms with E-state index in [0.717, 1.165) is 35.6 Å². The van der Waals surface area contributed by atoms with Gasteiger partial charge in [-0.3, -0.25) is 0 Å². The minimum absolute atomic E-state index is 0.436. The molecule has 0 bridgehead atoms. The molecule has 0 saturated carbocycles. The Balaban J connectivity index is 1.35. The van der Waals surface area contributed by atoms with Gasteiger partial charge in [-0.15, -0.1) is 10.2 Å². The van der Waals surface area contributed by atoms with Crippen molar-refractivity contribution in [3.8, 4) is 5.75 Å². The maximum Gasteiger partial charge on any atom is 0.191 e. The summed E-state index contributed by atoms with van der Waals surface area (Å²) in [5, 5.41) is 12.2. The van der Waals surface area contributed by atoms with Gasteiger partial charge >= 0.3 is 0 Å².